The summed E-state index contributed by atoms with van der Waals surface area (Å²) in [4.78, 5) is 26.6. The highest BCUT2D eigenvalue weighted by atomic mass is 79.9. The van der Waals surface area contributed by atoms with Gasteiger partial charge in [-0.15, -0.1) is 0 Å². The molecule has 172 valence electrons. The Hall–Kier alpha value is -2.03. The van der Waals surface area contributed by atoms with E-state index in [1.165, 1.54) is 0 Å². The average Bonchev–Trinajstić information content (AvgIpc) is 3.08. The van der Waals surface area contributed by atoms with Crippen LogP contribution in [-0.2, 0) is 4.79 Å². The number of piperazine rings is 1. The molecule has 2 aromatic rings. The van der Waals surface area contributed by atoms with Crippen LogP contribution in [0.5, 0.6) is 0 Å². The second kappa shape index (κ2) is 9.85. The number of fused-ring (bicyclic) bond motifs is 1. The van der Waals surface area contributed by atoms with Gasteiger partial charge in [-0.3, -0.25) is 4.79 Å². The Balaban J connectivity index is 1.47. The van der Waals surface area contributed by atoms with Gasteiger partial charge in [0.2, 0.25) is 5.91 Å². The van der Waals surface area contributed by atoms with E-state index in [1.54, 1.807) is 6.33 Å². The number of carbonyl (C=O) groups is 1. The summed E-state index contributed by atoms with van der Waals surface area (Å²) < 4.78 is 1.01. The number of anilines is 1. The van der Waals surface area contributed by atoms with E-state index in [0.29, 0.717) is 32.1 Å². The summed E-state index contributed by atoms with van der Waals surface area (Å²) in [7, 11) is 0. The van der Waals surface area contributed by atoms with Crippen LogP contribution in [-0.4, -0.2) is 64.6 Å². The van der Waals surface area contributed by atoms with E-state index < -0.39 is 6.10 Å². The van der Waals surface area contributed by atoms with E-state index in [4.69, 9.17) is 0 Å². The maximum atomic E-state index is 13.5. The first kappa shape index (κ1) is 23.1. The number of halogens is 1. The Kier molecular flexibility index (Phi) is 7.12. The van der Waals surface area contributed by atoms with Crippen LogP contribution in [0.2, 0.25) is 0 Å². The van der Waals surface area contributed by atoms with Crippen LogP contribution in [0, 0.1) is 0 Å². The molecule has 1 fully saturated rings. The SMILES string of the molecule is CC(C)NCC(C(=O)N1CCN(c2ncnc3c2[C@H](C)C[C@@H]3O)CC1)c1ccc(Br)cc1. The predicted octanol–water partition coefficient (Wildman–Crippen LogP) is 3.21. The van der Waals surface area contributed by atoms with Gasteiger partial charge in [0.15, 0.2) is 0 Å². The number of carbonyl (C=O) groups excluding carboxylic acids is 1. The average molecular weight is 502 g/mol. The lowest BCUT2D eigenvalue weighted by molar-refractivity contribution is -0.133. The molecule has 7 nitrogen and oxygen atoms in total. The van der Waals surface area contributed by atoms with E-state index in [1.807, 2.05) is 29.2 Å². The van der Waals surface area contributed by atoms with Crippen molar-refractivity contribution in [3.8, 4) is 0 Å². The molecular weight excluding hydrogens is 470 g/mol. The molecule has 2 N–H and O–H groups in total. The molecule has 3 atom stereocenters. The maximum absolute atomic E-state index is 13.5. The smallest absolute Gasteiger partial charge is 0.231 e. The van der Waals surface area contributed by atoms with E-state index in [9.17, 15) is 9.90 Å². The number of aromatic nitrogens is 2. The Morgan fingerprint density at radius 2 is 1.88 bits per heavy atom. The minimum absolute atomic E-state index is 0.164. The van der Waals surface area contributed by atoms with E-state index in [-0.39, 0.29) is 17.7 Å². The Morgan fingerprint density at radius 1 is 1.19 bits per heavy atom. The molecule has 4 rings (SSSR count). The van der Waals surface area contributed by atoms with Crippen LogP contribution in [0.25, 0.3) is 0 Å². The minimum atomic E-state index is -0.509. The highest BCUT2D eigenvalue weighted by Gasteiger charge is 2.35. The van der Waals surface area contributed by atoms with Gasteiger partial charge in [-0.25, -0.2) is 9.97 Å². The van der Waals surface area contributed by atoms with Crippen molar-refractivity contribution in [1.29, 1.82) is 0 Å². The normalized spacial score (nSPS) is 21.7. The largest absolute Gasteiger partial charge is 0.387 e. The maximum Gasteiger partial charge on any atom is 0.231 e. The molecule has 1 aromatic heterocycles. The Morgan fingerprint density at radius 3 is 2.53 bits per heavy atom. The van der Waals surface area contributed by atoms with Gasteiger partial charge in [-0.2, -0.15) is 0 Å². The van der Waals surface area contributed by atoms with Crippen LogP contribution in [0.3, 0.4) is 0 Å². The number of hydrogen-bond donors (Lipinski definition) is 2. The summed E-state index contributed by atoms with van der Waals surface area (Å²) in [6, 6.07) is 8.36. The van der Waals surface area contributed by atoms with Crippen molar-refractivity contribution in [2.75, 3.05) is 37.6 Å². The number of aliphatic hydroxyl groups is 1. The van der Waals surface area contributed by atoms with Gasteiger partial charge >= 0.3 is 0 Å². The third kappa shape index (κ3) is 4.82. The molecule has 32 heavy (non-hydrogen) atoms. The quantitative estimate of drug-likeness (QED) is 0.632. The number of hydrogen-bond acceptors (Lipinski definition) is 6. The summed E-state index contributed by atoms with van der Waals surface area (Å²) in [5, 5.41) is 13.7. The molecular formula is C24H32BrN5O2. The molecule has 0 bridgehead atoms. The number of aliphatic hydroxyl groups excluding tert-OH is 1. The molecule has 1 aliphatic heterocycles. The Bertz CT molecular complexity index is 944. The highest BCUT2D eigenvalue weighted by Crippen LogP contribution is 2.42. The number of nitrogens with one attached hydrogen (secondary N) is 1. The first-order valence-electron chi connectivity index (χ1n) is 11.4. The van der Waals surface area contributed by atoms with Gasteiger partial charge in [0.1, 0.15) is 12.1 Å². The summed E-state index contributed by atoms with van der Waals surface area (Å²) in [6.45, 7) is 9.69. The second-order valence-electron chi connectivity index (χ2n) is 9.13. The van der Waals surface area contributed by atoms with Crippen molar-refractivity contribution in [2.24, 2.45) is 0 Å². The lowest BCUT2D eigenvalue weighted by atomic mass is 9.96. The number of amides is 1. The van der Waals surface area contributed by atoms with E-state index in [0.717, 1.165) is 40.2 Å². The fourth-order valence-electron chi connectivity index (χ4n) is 4.71. The molecule has 0 radical (unpaired) electrons. The fraction of sp³-hybridized carbons (Fsp3) is 0.542. The molecule has 2 aliphatic rings. The summed E-state index contributed by atoms with van der Waals surface area (Å²) in [6.07, 6.45) is 1.73. The van der Waals surface area contributed by atoms with Crippen LogP contribution in [0.15, 0.2) is 35.1 Å². The molecule has 1 aliphatic carbocycles. The minimum Gasteiger partial charge on any atom is -0.387 e. The first-order valence-corrected chi connectivity index (χ1v) is 12.2. The molecule has 1 amide bonds. The third-order valence-electron chi connectivity index (χ3n) is 6.47. The van der Waals surface area contributed by atoms with E-state index in [2.05, 4.69) is 56.9 Å². The zero-order chi connectivity index (χ0) is 22.8. The molecule has 8 heteroatoms. The van der Waals surface area contributed by atoms with E-state index >= 15 is 0 Å². The first-order chi connectivity index (χ1) is 15.3. The lowest BCUT2D eigenvalue weighted by Gasteiger charge is -2.38. The second-order valence-corrected chi connectivity index (χ2v) is 10.0. The molecule has 0 saturated carbocycles. The summed E-state index contributed by atoms with van der Waals surface area (Å²) in [5.74, 6) is 1.10. The summed E-state index contributed by atoms with van der Waals surface area (Å²) in [5.41, 5.74) is 2.86. The van der Waals surface area contributed by atoms with Gasteiger partial charge in [0.25, 0.3) is 0 Å². The lowest BCUT2D eigenvalue weighted by Crippen LogP contribution is -2.51. The van der Waals surface area contributed by atoms with Crippen LogP contribution in [0.4, 0.5) is 5.82 Å². The van der Waals surface area contributed by atoms with Crippen molar-refractivity contribution in [1.82, 2.24) is 20.2 Å². The zero-order valence-corrected chi connectivity index (χ0v) is 20.5. The van der Waals surface area contributed by atoms with Crippen molar-refractivity contribution in [3.63, 3.8) is 0 Å². The zero-order valence-electron chi connectivity index (χ0n) is 19.0. The monoisotopic (exact) mass is 501 g/mol. The van der Waals surface area contributed by atoms with Gasteiger partial charge in [-0.05, 0) is 30.0 Å². The predicted molar refractivity (Wildman–Crippen MR) is 129 cm³/mol. The summed E-state index contributed by atoms with van der Waals surface area (Å²) >= 11 is 3.49. The van der Waals surface area contributed by atoms with Gasteiger partial charge < -0.3 is 20.2 Å². The van der Waals surface area contributed by atoms with Crippen LogP contribution in [0.1, 0.15) is 62.0 Å². The molecule has 1 saturated heterocycles. The van der Waals surface area contributed by atoms with Gasteiger partial charge in [0, 0.05) is 48.8 Å². The van der Waals surface area contributed by atoms with Crippen molar-refractivity contribution in [2.45, 2.75) is 51.2 Å². The standard InChI is InChI=1S/C24H32BrN5O2/c1-15(2)26-13-19(17-4-6-18(25)7-5-17)24(32)30-10-8-29(9-11-30)23-21-16(3)12-20(31)22(21)27-14-28-23/h4-7,14-16,19-20,26,31H,8-13H2,1-3H3/t16-,19?,20+/m1/s1. The fourth-order valence-corrected chi connectivity index (χ4v) is 4.97. The molecule has 1 aromatic carbocycles. The number of rotatable bonds is 6. The number of benzene rings is 1. The molecule has 2 heterocycles. The topological polar surface area (TPSA) is 81.6 Å². The van der Waals surface area contributed by atoms with Crippen LogP contribution < -0.4 is 10.2 Å². The number of nitrogens with zero attached hydrogens (tertiary/aromatic N) is 4. The van der Waals surface area contributed by atoms with Crippen molar-refractivity contribution >= 4 is 27.7 Å². The Labute approximate surface area is 198 Å². The highest BCUT2D eigenvalue weighted by molar-refractivity contribution is 9.10. The van der Waals surface area contributed by atoms with Gasteiger partial charge in [0.05, 0.1) is 17.7 Å². The van der Waals surface area contributed by atoms with Crippen molar-refractivity contribution < 1.29 is 9.90 Å². The molecule has 0 spiro atoms. The van der Waals surface area contributed by atoms with Gasteiger partial charge in [-0.1, -0.05) is 48.8 Å². The molecule has 1 unspecified atom stereocenters. The van der Waals surface area contributed by atoms with Crippen molar-refractivity contribution in [3.05, 3.63) is 51.9 Å². The third-order valence-corrected chi connectivity index (χ3v) is 7.00. The van der Waals surface area contributed by atoms with Crippen LogP contribution >= 0.6 is 15.9 Å².